The molecule has 3 aromatic rings. The average molecular weight is 434 g/mol. The van der Waals surface area contributed by atoms with Crippen LogP contribution >= 0.6 is 39.7 Å². The number of hydrogen-bond donors (Lipinski definition) is 2. The number of hydrogen-bond acceptors (Lipinski definition) is 2. The smallest absolute Gasteiger partial charge is 0.230 e. The van der Waals surface area contributed by atoms with Gasteiger partial charge in [0.05, 0.1) is 11.4 Å². The monoisotopic (exact) mass is 432 g/mol. The Morgan fingerprint density at radius 2 is 1.84 bits per heavy atom. The first-order valence-electron chi connectivity index (χ1n) is 7.55. The van der Waals surface area contributed by atoms with Gasteiger partial charge in [0.15, 0.2) is 5.11 Å². The van der Waals surface area contributed by atoms with Gasteiger partial charge in [-0.3, -0.25) is 4.79 Å². The van der Waals surface area contributed by atoms with Crippen LogP contribution < -0.4 is 10.6 Å². The molecule has 0 bridgehead atoms. The van der Waals surface area contributed by atoms with Crippen molar-refractivity contribution in [2.24, 2.45) is 0 Å². The fraction of sp³-hybridized carbons (Fsp3) is 0.0526. The maximum atomic E-state index is 12.3. The van der Waals surface area contributed by atoms with E-state index in [1.165, 1.54) is 0 Å². The van der Waals surface area contributed by atoms with E-state index >= 15 is 0 Å². The Hall–Kier alpha value is -1.95. The lowest BCUT2D eigenvalue weighted by Crippen LogP contribution is -2.35. The SMILES string of the molecule is O=C(Cc1cccc2ccccc12)NC(=S)Nc1ccc(Br)c(Cl)c1. The van der Waals surface area contributed by atoms with Gasteiger partial charge in [0.2, 0.25) is 5.91 Å². The second-order valence-corrected chi connectivity index (χ2v) is 7.12. The van der Waals surface area contributed by atoms with Gasteiger partial charge in [-0.05, 0) is 62.7 Å². The van der Waals surface area contributed by atoms with E-state index in [9.17, 15) is 4.79 Å². The topological polar surface area (TPSA) is 41.1 Å². The van der Waals surface area contributed by atoms with Crippen molar-refractivity contribution >= 4 is 67.2 Å². The molecule has 0 spiro atoms. The number of nitrogens with one attached hydrogen (secondary N) is 2. The number of carbonyl (C=O) groups excluding carboxylic acids is 1. The van der Waals surface area contributed by atoms with Gasteiger partial charge in [-0.2, -0.15) is 0 Å². The first kappa shape index (κ1) is 17.9. The summed E-state index contributed by atoms with van der Waals surface area (Å²) in [5.74, 6) is -0.169. The van der Waals surface area contributed by atoms with Crippen LogP contribution in [0.2, 0.25) is 5.02 Å². The summed E-state index contributed by atoms with van der Waals surface area (Å²) in [4.78, 5) is 12.3. The summed E-state index contributed by atoms with van der Waals surface area (Å²) in [6, 6.07) is 19.3. The largest absolute Gasteiger partial charge is 0.332 e. The zero-order valence-corrected chi connectivity index (χ0v) is 16.2. The van der Waals surface area contributed by atoms with Crippen molar-refractivity contribution in [1.29, 1.82) is 0 Å². The predicted octanol–water partition coefficient (Wildman–Crippen LogP) is 5.31. The standard InChI is InChI=1S/C19H14BrClN2OS/c20-16-9-8-14(11-17(16)21)22-19(25)23-18(24)10-13-6-3-5-12-4-1-2-7-15(12)13/h1-9,11H,10H2,(H2,22,23,24,25). The number of fused-ring (bicyclic) bond motifs is 1. The van der Waals surface area contributed by atoms with Gasteiger partial charge in [0.1, 0.15) is 0 Å². The molecular formula is C19H14BrClN2OS. The van der Waals surface area contributed by atoms with Crippen LogP contribution in [-0.2, 0) is 11.2 Å². The number of anilines is 1. The van der Waals surface area contributed by atoms with Gasteiger partial charge < -0.3 is 10.6 Å². The van der Waals surface area contributed by atoms with Crippen LogP contribution in [0.15, 0.2) is 65.1 Å². The molecule has 2 N–H and O–H groups in total. The molecule has 0 saturated heterocycles. The minimum absolute atomic E-state index is 0.169. The molecule has 3 rings (SSSR count). The van der Waals surface area contributed by atoms with Gasteiger partial charge >= 0.3 is 0 Å². The lowest BCUT2D eigenvalue weighted by atomic mass is 10.0. The molecule has 0 heterocycles. The maximum absolute atomic E-state index is 12.3. The number of rotatable bonds is 3. The van der Waals surface area contributed by atoms with E-state index in [0.717, 1.165) is 20.8 Å². The number of thiocarbonyl (C=S) groups is 1. The molecular weight excluding hydrogens is 420 g/mol. The lowest BCUT2D eigenvalue weighted by Gasteiger charge is -2.11. The van der Waals surface area contributed by atoms with Crippen molar-refractivity contribution in [1.82, 2.24) is 5.32 Å². The molecule has 0 aliphatic rings. The van der Waals surface area contributed by atoms with Crippen molar-refractivity contribution in [3.63, 3.8) is 0 Å². The molecule has 0 aromatic heterocycles. The van der Waals surface area contributed by atoms with E-state index in [1.54, 1.807) is 6.07 Å². The number of carbonyl (C=O) groups is 1. The fourth-order valence-corrected chi connectivity index (χ4v) is 3.19. The van der Waals surface area contributed by atoms with Gasteiger partial charge in [-0.1, -0.05) is 54.1 Å². The highest BCUT2D eigenvalue weighted by Gasteiger charge is 2.09. The fourth-order valence-electron chi connectivity index (χ4n) is 2.53. The Kier molecular flexibility index (Phi) is 5.68. The van der Waals surface area contributed by atoms with E-state index in [1.807, 2.05) is 54.6 Å². The Bertz CT molecular complexity index is 956. The molecule has 0 aliphatic heterocycles. The van der Waals surface area contributed by atoms with E-state index in [2.05, 4.69) is 26.6 Å². The second-order valence-electron chi connectivity index (χ2n) is 5.45. The van der Waals surface area contributed by atoms with Gasteiger partial charge in [0.25, 0.3) is 0 Å². The minimum atomic E-state index is -0.169. The molecule has 1 amide bonds. The molecule has 0 radical (unpaired) electrons. The minimum Gasteiger partial charge on any atom is -0.332 e. The summed E-state index contributed by atoms with van der Waals surface area (Å²) in [6.45, 7) is 0. The quantitative estimate of drug-likeness (QED) is 0.550. The normalized spacial score (nSPS) is 10.5. The van der Waals surface area contributed by atoms with E-state index in [4.69, 9.17) is 23.8 Å². The summed E-state index contributed by atoms with van der Waals surface area (Å²) in [6.07, 6.45) is 0.254. The van der Waals surface area contributed by atoms with Gasteiger partial charge in [-0.15, -0.1) is 0 Å². The summed E-state index contributed by atoms with van der Waals surface area (Å²) >= 11 is 14.6. The van der Waals surface area contributed by atoms with Crippen LogP contribution in [0.1, 0.15) is 5.56 Å². The molecule has 3 aromatic carbocycles. The Morgan fingerprint density at radius 3 is 2.64 bits per heavy atom. The second kappa shape index (κ2) is 7.95. The molecule has 25 heavy (non-hydrogen) atoms. The van der Waals surface area contributed by atoms with Crippen molar-refractivity contribution in [2.45, 2.75) is 6.42 Å². The molecule has 0 atom stereocenters. The molecule has 0 aliphatic carbocycles. The van der Waals surface area contributed by atoms with Crippen molar-refractivity contribution in [3.05, 3.63) is 75.7 Å². The summed E-state index contributed by atoms with van der Waals surface area (Å²) in [7, 11) is 0. The van der Waals surface area contributed by atoms with E-state index < -0.39 is 0 Å². The van der Waals surface area contributed by atoms with Crippen LogP contribution in [0.3, 0.4) is 0 Å². The van der Waals surface area contributed by atoms with E-state index in [0.29, 0.717) is 10.7 Å². The molecule has 0 unspecified atom stereocenters. The third-order valence-corrected chi connectivity index (χ3v) is 5.10. The Labute approximate surface area is 164 Å². The molecule has 126 valence electrons. The van der Waals surface area contributed by atoms with Crippen molar-refractivity contribution < 1.29 is 4.79 Å². The lowest BCUT2D eigenvalue weighted by molar-refractivity contribution is -0.119. The number of benzene rings is 3. The van der Waals surface area contributed by atoms with E-state index in [-0.39, 0.29) is 17.4 Å². The average Bonchev–Trinajstić information content (AvgIpc) is 2.58. The van der Waals surface area contributed by atoms with Crippen LogP contribution in [0, 0.1) is 0 Å². The summed E-state index contributed by atoms with van der Waals surface area (Å²) in [5.41, 5.74) is 1.67. The highest BCUT2D eigenvalue weighted by atomic mass is 79.9. The van der Waals surface area contributed by atoms with Crippen LogP contribution in [0.4, 0.5) is 5.69 Å². The highest BCUT2D eigenvalue weighted by molar-refractivity contribution is 9.10. The van der Waals surface area contributed by atoms with Gasteiger partial charge in [0, 0.05) is 10.2 Å². The Morgan fingerprint density at radius 1 is 1.08 bits per heavy atom. The van der Waals surface area contributed by atoms with Crippen molar-refractivity contribution in [2.75, 3.05) is 5.32 Å². The van der Waals surface area contributed by atoms with Gasteiger partial charge in [-0.25, -0.2) is 0 Å². The zero-order valence-electron chi connectivity index (χ0n) is 13.1. The highest BCUT2D eigenvalue weighted by Crippen LogP contribution is 2.25. The predicted molar refractivity (Wildman–Crippen MR) is 111 cm³/mol. The molecule has 3 nitrogen and oxygen atoms in total. The summed E-state index contributed by atoms with van der Waals surface area (Å²) < 4.78 is 0.797. The molecule has 6 heteroatoms. The Balaban J connectivity index is 1.65. The van der Waals surface area contributed by atoms with Crippen LogP contribution in [0.5, 0.6) is 0 Å². The molecule has 0 fully saturated rings. The zero-order chi connectivity index (χ0) is 17.8. The van der Waals surface area contributed by atoms with Crippen LogP contribution in [0.25, 0.3) is 10.8 Å². The van der Waals surface area contributed by atoms with Crippen LogP contribution in [-0.4, -0.2) is 11.0 Å². The third-order valence-electron chi connectivity index (χ3n) is 3.66. The first-order chi connectivity index (χ1) is 12.0. The number of halogens is 2. The number of amides is 1. The summed E-state index contributed by atoms with van der Waals surface area (Å²) in [5, 5.41) is 8.64. The first-order valence-corrected chi connectivity index (χ1v) is 9.13. The third kappa shape index (κ3) is 4.57. The maximum Gasteiger partial charge on any atom is 0.230 e. The van der Waals surface area contributed by atoms with Crippen molar-refractivity contribution in [3.8, 4) is 0 Å². The molecule has 0 saturated carbocycles.